The lowest BCUT2D eigenvalue weighted by Gasteiger charge is -2.34. The van der Waals surface area contributed by atoms with Gasteiger partial charge in [-0.05, 0) is 31.7 Å². The van der Waals surface area contributed by atoms with Gasteiger partial charge < -0.3 is 4.74 Å². The molecule has 0 N–H and O–H groups in total. The largest absolute Gasteiger partial charge is 0.439 e. The molecule has 3 nitrogen and oxygen atoms in total. The second-order valence-corrected chi connectivity index (χ2v) is 4.97. The molecule has 1 aromatic carbocycles. The number of hydrogen-bond acceptors (Lipinski definition) is 2. The van der Waals surface area contributed by atoms with Crippen LogP contribution >= 0.6 is 0 Å². The van der Waals surface area contributed by atoms with Crippen molar-refractivity contribution >= 4 is 6.09 Å². The first kappa shape index (κ1) is 10.6. The number of fused-ring (bicyclic) bond motifs is 1. The molecule has 0 spiro atoms. The van der Waals surface area contributed by atoms with E-state index in [0.717, 1.165) is 18.4 Å². The summed E-state index contributed by atoms with van der Waals surface area (Å²) in [5.41, 5.74) is 1.11. The fourth-order valence-corrected chi connectivity index (χ4v) is 3.02. The molecule has 3 unspecified atom stereocenters. The van der Waals surface area contributed by atoms with E-state index in [1.165, 1.54) is 6.42 Å². The number of carbonyl (C=O) groups excluding carboxylic acids is 1. The highest BCUT2D eigenvalue weighted by molar-refractivity contribution is 5.71. The molecule has 2 aliphatic rings. The molecule has 2 fully saturated rings. The summed E-state index contributed by atoms with van der Waals surface area (Å²) in [4.78, 5) is 13.8. The van der Waals surface area contributed by atoms with Crippen LogP contribution < -0.4 is 0 Å². The predicted molar refractivity (Wildman–Crippen MR) is 64.6 cm³/mol. The van der Waals surface area contributed by atoms with E-state index < -0.39 is 0 Å². The van der Waals surface area contributed by atoms with E-state index in [0.29, 0.717) is 6.04 Å². The number of piperidine rings is 1. The molecular formula is C14H17NO2. The Bertz CT molecular complexity index is 417. The van der Waals surface area contributed by atoms with Gasteiger partial charge in [-0.1, -0.05) is 30.3 Å². The number of benzene rings is 1. The van der Waals surface area contributed by atoms with Gasteiger partial charge in [-0.25, -0.2) is 4.79 Å². The van der Waals surface area contributed by atoms with Crippen LogP contribution in [0, 0.1) is 0 Å². The average molecular weight is 231 g/mol. The molecule has 0 aromatic heterocycles. The van der Waals surface area contributed by atoms with E-state index in [-0.39, 0.29) is 18.2 Å². The van der Waals surface area contributed by atoms with E-state index in [4.69, 9.17) is 4.74 Å². The molecule has 90 valence electrons. The molecule has 0 radical (unpaired) electrons. The quantitative estimate of drug-likeness (QED) is 0.743. The Morgan fingerprint density at radius 3 is 2.76 bits per heavy atom. The third kappa shape index (κ3) is 1.70. The van der Waals surface area contributed by atoms with Crippen LogP contribution in [0.1, 0.15) is 37.9 Å². The normalized spacial score (nSPS) is 32.2. The summed E-state index contributed by atoms with van der Waals surface area (Å²) in [6.07, 6.45) is 3.10. The highest BCUT2D eigenvalue weighted by atomic mass is 16.6. The molecule has 17 heavy (non-hydrogen) atoms. The smallest absolute Gasteiger partial charge is 0.411 e. The van der Waals surface area contributed by atoms with Crippen molar-refractivity contribution in [1.29, 1.82) is 0 Å². The molecule has 3 heteroatoms. The molecule has 3 rings (SSSR count). The lowest BCUT2D eigenvalue weighted by molar-refractivity contribution is 0.128. The van der Waals surface area contributed by atoms with Crippen molar-refractivity contribution in [2.24, 2.45) is 0 Å². The van der Waals surface area contributed by atoms with E-state index >= 15 is 0 Å². The Kier molecular flexibility index (Phi) is 2.54. The molecule has 1 amide bonds. The minimum Gasteiger partial charge on any atom is -0.439 e. The zero-order valence-electron chi connectivity index (χ0n) is 10.0. The second-order valence-electron chi connectivity index (χ2n) is 4.97. The van der Waals surface area contributed by atoms with Crippen molar-refractivity contribution in [2.75, 3.05) is 0 Å². The number of carbonyl (C=O) groups is 1. The summed E-state index contributed by atoms with van der Waals surface area (Å²) in [6, 6.07) is 10.6. The Labute approximate surface area is 101 Å². The van der Waals surface area contributed by atoms with Crippen LogP contribution in [-0.2, 0) is 4.74 Å². The average Bonchev–Trinajstić information content (AvgIpc) is 2.69. The van der Waals surface area contributed by atoms with Gasteiger partial charge in [0.2, 0.25) is 0 Å². The van der Waals surface area contributed by atoms with Crippen molar-refractivity contribution in [3.63, 3.8) is 0 Å². The van der Waals surface area contributed by atoms with Crippen molar-refractivity contribution in [3.8, 4) is 0 Å². The van der Waals surface area contributed by atoms with Gasteiger partial charge in [0, 0.05) is 6.04 Å². The van der Waals surface area contributed by atoms with Gasteiger partial charge in [0.1, 0.15) is 6.10 Å². The van der Waals surface area contributed by atoms with Crippen LogP contribution in [0.5, 0.6) is 0 Å². The van der Waals surface area contributed by atoms with Gasteiger partial charge in [-0.2, -0.15) is 0 Å². The zero-order valence-corrected chi connectivity index (χ0v) is 10.0. The summed E-state index contributed by atoms with van der Waals surface area (Å²) < 4.78 is 5.55. The van der Waals surface area contributed by atoms with Crippen molar-refractivity contribution in [3.05, 3.63) is 35.9 Å². The Balaban J connectivity index is 1.91. The first-order valence-electron chi connectivity index (χ1n) is 6.31. The lowest BCUT2D eigenvalue weighted by Crippen LogP contribution is -2.44. The molecule has 2 heterocycles. The maximum absolute atomic E-state index is 11.9. The number of ether oxygens (including phenoxy) is 1. The molecule has 2 saturated heterocycles. The number of hydrogen-bond donors (Lipinski definition) is 0. The fraction of sp³-hybridized carbons (Fsp3) is 0.500. The summed E-state index contributed by atoms with van der Waals surface area (Å²) in [7, 11) is 0. The third-order valence-electron chi connectivity index (χ3n) is 3.87. The van der Waals surface area contributed by atoms with Crippen LogP contribution in [0.2, 0.25) is 0 Å². The summed E-state index contributed by atoms with van der Waals surface area (Å²) in [6.45, 7) is 2.11. The first-order valence-corrected chi connectivity index (χ1v) is 6.31. The van der Waals surface area contributed by atoms with Gasteiger partial charge in [-0.3, -0.25) is 4.90 Å². The molecule has 3 atom stereocenters. The standard InChI is InChI=1S/C14H17NO2/c1-10-6-5-9-12-13(17-14(16)15(10)12)11-7-3-2-4-8-11/h2-4,7-8,10,12-13H,5-6,9H2,1H3. The number of nitrogens with zero attached hydrogens (tertiary/aromatic N) is 1. The minimum atomic E-state index is -0.143. The molecule has 0 aliphatic carbocycles. The van der Waals surface area contributed by atoms with Crippen molar-refractivity contribution < 1.29 is 9.53 Å². The number of cyclic esters (lactones) is 1. The Hall–Kier alpha value is -1.51. The maximum Gasteiger partial charge on any atom is 0.411 e. The van der Waals surface area contributed by atoms with Crippen LogP contribution in [0.15, 0.2) is 30.3 Å². The van der Waals surface area contributed by atoms with E-state index in [2.05, 4.69) is 6.92 Å². The monoisotopic (exact) mass is 231 g/mol. The van der Waals surface area contributed by atoms with Crippen molar-refractivity contribution in [1.82, 2.24) is 4.90 Å². The molecule has 0 bridgehead atoms. The lowest BCUT2D eigenvalue weighted by atomic mass is 9.91. The predicted octanol–water partition coefficient (Wildman–Crippen LogP) is 3.12. The fourth-order valence-electron chi connectivity index (χ4n) is 3.02. The van der Waals surface area contributed by atoms with Crippen LogP contribution in [0.3, 0.4) is 0 Å². The highest BCUT2D eigenvalue weighted by Crippen LogP contribution is 2.39. The van der Waals surface area contributed by atoms with Crippen LogP contribution in [0.25, 0.3) is 0 Å². The summed E-state index contributed by atoms with van der Waals surface area (Å²) in [5.74, 6) is 0. The SMILES string of the molecule is CC1CCCC2C(c3ccccc3)OC(=O)N12. The number of amides is 1. The van der Waals surface area contributed by atoms with Gasteiger partial charge in [-0.15, -0.1) is 0 Å². The minimum absolute atomic E-state index is 0.0774. The molecule has 1 aromatic rings. The van der Waals surface area contributed by atoms with Crippen molar-refractivity contribution in [2.45, 2.75) is 44.4 Å². The van der Waals surface area contributed by atoms with Gasteiger partial charge in [0.25, 0.3) is 0 Å². The number of rotatable bonds is 1. The van der Waals surface area contributed by atoms with E-state index in [9.17, 15) is 4.79 Å². The van der Waals surface area contributed by atoms with E-state index in [1.807, 2.05) is 35.2 Å². The third-order valence-corrected chi connectivity index (χ3v) is 3.87. The van der Waals surface area contributed by atoms with Gasteiger partial charge >= 0.3 is 6.09 Å². The summed E-state index contributed by atoms with van der Waals surface area (Å²) in [5, 5.41) is 0. The highest BCUT2D eigenvalue weighted by Gasteiger charge is 2.46. The Morgan fingerprint density at radius 1 is 1.24 bits per heavy atom. The summed E-state index contributed by atoms with van der Waals surface area (Å²) >= 11 is 0. The Morgan fingerprint density at radius 2 is 2.00 bits per heavy atom. The first-order chi connectivity index (χ1) is 8.27. The molecule has 2 aliphatic heterocycles. The van der Waals surface area contributed by atoms with Crippen LogP contribution in [-0.4, -0.2) is 23.1 Å². The molecule has 0 saturated carbocycles. The van der Waals surface area contributed by atoms with Gasteiger partial charge in [0.05, 0.1) is 6.04 Å². The van der Waals surface area contributed by atoms with Gasteiger partial charge in [0.15, 0.2) is 0 Å². The van der Waals surface area contributed by atoms with Crippen LogP contribution in [0.4, 0.5) is 4.79 Å². The second kappa shape index (κ2) is 4.06. The van der Waals surface area contributed by atoms with E-state index in [1.54, 1.807) is 0 Å². The molecular weight excluding hydrogens is 214 g/mol. The zero-order chi connectivity index (χ0) is 11.8. The maximum atomic E-state index is 11.9. The topological polar surface area (TPSA) is 29.5 Å².